The molecule has 0 aliphatic carbocycles. The number of aromatic amines is 1. The molecular weight excluding hydrogens is 436 g/mol. The number of hydrogen-bond acceptors (Lipinski definition) is 4. The smallest absolute Gasteiger partial charge is 0.236 e. The van der Waals surface area contributed by atoms with Crippen molar-refractivity contribution in [1.29, 1.82) is 0 Å². The highest BCUT2D eigenvalue weighted by Crippen LogP contribution is 2.38. The Bertz CT molecular complexity index is 1190. The van der Waals surface area contributed by atoms with Crippen molar-refractivity contribution in [2.75, 3.05) is 32.7 Å². The van der Waals surface area contributed by atoms with Crippen molar-refractivity contribution in [2.45, 2.75) is 64.4 Å². The molecule has 6 heteroatoms. The highest BCUT2D eigenvalue weighted by molar-refractivity contribution is 5.92. The molecule has 5 rings (SSSR count). The first-order valence-corrected chi connectivity index (χ1v) is 13.2. The van der Waals surface area contributed by atoms with E-state index in [1.807, 2.05) is 18.0 Å². The number of carbonyl (C=O) groups is 1. The minimum Gasteiger partial charge on any atom is -0.391 e. The first kappa shape index (κ1) is 24.0. The number of pyridine rings is 1. The molecule has 2 saturated heterocycles. The Morgan fingerprint density at radius 3 is 2.66 bits per heavy atom. The first-order valence-electron chi connectivity index (χ1n) is 13.2. The number of amides is 1. The van der Waals surface area contributed by atoms with Gasteiger partial charge in [0.25, 0.3) is 0 Å². The molecule has 4 heterocycles. The van der Waals surface area contributed by atoms with E-state index in [2.05, 4.69) is 59.0 Å². The highest BCUT2D eigenvalue weighted by Gasteiger charge is 2.27. The Kier molecular flexibility index (Phi) is 6.94. The Morgan fingerprint density at radius 1 is 1.14 bits per heavy atom. The number of carbonyl (C=O) groups excluding carboxylic acids is 1. The summed E-state index contributed by atoms with van der Waals surface area (Å²) < 4.78 is 0. The van der Waals surface area contributed by atoms with Gasteiger partial charge in [0.05, 0.1) is 18.3 Å². The molecule has 2 aliphatic heterocycles. The highest BCUT2D eigenvalue weighted by atomic mass is 16.3. The van der Waals surface area contributed by atoms with Crippen molar-refractivity contribution in [2.24, 2.45) is 0 Å². The number of fused-ring (bicyclic) bond motifs is 1. The first-order chi connectivity index (χ1) is 16.9. The van der Waals surface area contributed by atoms with E-state index in [0.717, 1.165) is 51.0 Å². The molecule has 2 aromatic heterocycles. The van der Waals surface area contributed by atoms with E-state index in [4.69, 9.17) is 0 Å². The summed E-state index contributed by atoms with van der Waals surface area (Å²) in [5.74, 6) is 1.09. The van der Waals surface area contributed by atoms with Gasteiger partial charge in [-0.2, -0.15) is 0 Å². The standard InChI is InChI=1S/C29H38N4O2/c1-19(2)28-25-16-22(6-7-26(25)31-29(28)23-8-11-30-20(3)15-23)21-9-13-32(14-10-21)18-27(35)33-12-4-5-24(34)17-33/h6-8,11,15-16,19,21,24,31,34H,4-5,9-10,12-14,17-18H2,1-3H3/t24-/m0/s1. The van der Waals surface area contributed by atoms with Crippen molar-refractivity contribution in [3.8, 4) is 11.3 Å². The Balaban J connectivity index is 1.30. The lowest BCUT2D eigenvalue weighted by Crippen LogP contribution is -2.47. The lowest BCUT2D eigenvalue weighted by atomic mass is 9.87. The van der Waals surface area contributed by atoms with Crippen LogP contribution in [0.2, 0.25) is 0 Å². The van der Waals surface area contributed by atoms with Crippen LogP contribution < -0.4 is 0 Å². The summed E-state index contributed by atoms with van der Waals surface area (Å²) in [5, 5.41) is 11.2. The van der Waals surface area contributed by atoms with E-state index in [1.54, 1.807) is 0 Å². The number of aliphatic hydroxyl groups is 1. The fraction of sp³-hybridized carbons (Fsp3) is 0.517. The summed E-state index contributed by atoms with van der Waals surface area (Å²) in [5.41, 5.74) is 7.39. The number of H-pyrrole nitrogens is 1. The van der Waals surface area contributed by atoms with Gasteiger partial charge in [0.15, 0.2) is 0 Å². The SMILES string of the molecule is Cc1cc(-c2[nH]c3ccc(C4CCN(CC(=O)N5CCC[C@H](O)C5)CC4)cc3c2C(C)C)ccn1. The fourth-order valence-electron chi connectivity index (χ4n) is 5.91. The van der Waals surface area contributed by atoms with E-state index in [-0.39, 0.29) is 12.0 Å². The number of aryl methyl sites for hydroxylation is 1. The predicted molar refractivity (Wildman–Crippen MR) is 141 cm³/mol. The normalized spacial score (nSPS) is 20.1. The number of likely N-dealkylation sites (tertiary alicyclic amines) is 2. The van der Waals surface area contributed by atoms with Gasteiger partial charge in [-0.1, -0.05) is 19.9 Å². The number of nitrogens with one attached hydrogen (secondary N) is 1. The number of hydrogen-bond donors (Lipinski definition) is 2. The average molecular weight is 475 g/mol. The van der Waals surface area contributed by atoms with Crippen LogP contribution in [0, 0.1) is 6.92 Å². The van der Waals surface area contributed by atoms with Crippen molar-refractivity contribution in [3.63, 3.8) is 0 Å². The number of β-amino-alcohol motifs (C(OH)–C–C–N with tert-alkyl or cyclic N) is 1. The molecule has 35 heavy (non-hydrogen) atoms. The molecule has 0 radical (unpaired) electrons. The van der Waals surface area contributed by atoms with Crippen LogP contribution in [0.4, 0.5) is 0 Å². The minimum atomic E-state index is -0.361. The monoisotopic (exact) mass is 474 g/mol. The molecular formula is C29H38N4O2. The maximum absolute atomic E-state index is 12.7. The Labute approximate surface area is 208 Å². The molecule has 2 aliphatic rings. The third-order valence-corrected chi connectivity index (χ3v) is 7.79. The molecule has 1 atom stereocenters. The largest absolute Gasteiger partial charge is 0.391 e. The summed E-state index contributed by atoms with van der Waals surface area (Å²) in [6, 6.07) is 11.2. The van der Waals surface area contributed by atoms with Crippen LogP contribution in [0.15, 0.2) is 36.5 Å². The Morgan fingerprint density at radius 2 is 1.94 bits per heavy atom. The van der Waals surface area contributed by atoms with Gasteiger partial charge in [0.1, 0.15) is 0 Å². The molecule has 1 amide bonds. The van der Waals surface area contributed by atoms with Crippen LogP contribution in [-0.4, -0.2) is 69.6 Å². The van der Waals surface area contributed by atoms with Crippen LogP contribution in [0.5, 0.6) is 0 Å². The van der Waals surface area contributed by atoms with Gasteiger partial charge in [-0.25, -0.2) is 0 Å². The van der Waals surface area contributed by atoms with Gasteiger partial charge in [-0.3, -0.25) is 14.7 Å². The van der Waals surface area contributed by atoms with Crippen LogP contribution in [0.3, 0.4) is 0 Å². The molecule has 0 spiro atoms. The molecule has 1 aromatic carbocycles. The lowest BCUT2D eigenvalue weighted by molar-refractivity contribution is -0.135. The maximum Gasteiger partial charge on any atom is 0.236 e. The van der Waals surface area contributed by atoms with E-state index < -0.39 is 0 Å². The number of aromatic nitrogens is 2. The van der Waals surface area contributed by atoms with E-state index in [1.165, 1.54) is 33.3 Å². The van der Waals surface area contributed by atoms with Crippen molar-refractivity contribution in [1.82, 2.24) is 19.8 Å². The number of aliphatic hydroxyl groups excluding tert-OH is 1. The van der Waals surface area contributed by atoms with Gasteiger partial charge < -0.3 is 15.0 Å². The van der Waals surface area contributed by atoms with Crippen LogP contribution in [0.1, 0.15) is 68.2 Å². The molecule has 2 fully saturated rings. The number of rotatable bonds is 5. The van der Waals surface area contributed by atoms with Gasteiger partial charge in [-0.15, -0.1) is 0 Å². The molecule has 186 valence electrons. The summed E-state index contributed by atoms with van der Waals surface area (Å²) in [6.07, 6.45) is 5.37. The molecule has 6 nitrogen and oxygen atoms in total. The summed E-state index contributed by atoms with van der Waals surface area (Å²) in [4.78, 5) is 24.9. The van der Waals surface area contributed by atoms with E-state index in [0.29, 0.717) is 24.9 Å². The molecule has 0 saturated carbocycles. The third-order valence-electron chi connectivity index (χ3n) is 7.79. The zero-order valence-corrected chi connectivity index (χ0v) is 21.3. The third kappa shape index (κ3) is 5.14. The zero-order valence-electron chi connectivity index (χ0n) is 21.3. The second-order valence-electron chi connectivity index (χ2n) is 10.7. The van der Waals surface area contributed by atoms with Crippen LogP contribution in [-0.2, 0) is 4.79 Å². The summed E-state index contributed by atoms with van der Waals surface area (Å²) in [6.45, 7) is 10.2. The van der Waals surface area contributed by atoms with Crippen LogP contribution in [0.25, 0.3) is 22.2 Å². The number of benzene rings is 1. The molecule has 0 unspecified atom stereocenters. The summed E-state index contributed by atoms with van der Waals surface area (Å²) in [7, 11) is 0. The molecule has 2 N–H and O–H groups in total. The second-order valence-corrected chi connectivity index (χ2v) is 10.7. The number of nitrogens with zero attached hydrogens (tertiary/aromatic N) is 3. The average Bonchev–Trinajstić information content (AvgIpc) is 3.24. The second kappa shape index (κ2) is 10.1. The van der Waals surface area contributed by atoms with Gasteiger partial charge in [0, 0.05) is 41.4 Å². The predicted octanol–water partition coefficient (Wildman–Crippen LogP) is 4.82. The summed E-state index contributed by atoms with van der Waals surface area (Å²) >= 11 is 0. The van der Waals surface area contributed by atoms with Gasteiger partial charge in [0.2, 0.25) is 5.91 Å². The number of piperidine rings is 2. The topological polar surface area (TPSA) is 72.5 Å². The van der Waals surface area contributed by atoms with Crippen molar-refractivity contribution >= 4 is 16.8 Å². The Hall–Kier alpha value is -2.70. The van der Waals surface area contributed by atoms with Crippen LogP contribution >= 0.6 is 0 Å². The lowest BCUT2D eigenvalue weighted by Gasteiger charge is -2.35. The van der Waals surface area contributed by atoms with E-state index >= 15 is 0 Å². The maximum atomic E-state index is 12.7. The molecule has 3 aromatic rings. The van der Waals surface area contributed by atoms with E-state index in [9.17, 15) is 9.90 Å². The minimum absolute atomic E-state index is 0.163. The fourth-order valence-corrected chi connectivity index (χ4v) is 5.91. The van der Waals surface area contributed by atoms with Crippen molar-refractivity contribution < 1.29 is 9.90 Å². The molecule has 0 bridgehead atoms. The van der Waals surface area contributed by atoms with Crippen molar-refractivity contribution in [3.05, 3.63) is 53.3 Å². The zero-order chi connectivity index (χ0) is 24.5. The quantitative estimate of drug-likeness (QED) is 0.556. The van der Waals surface area contributed by atoms with Gasteiger partial charge >= 0.3 is 0 Å². The van der Waals surface area contributed by atoms with Gasteiger partial charge in [-0.05, 0) is 92.9 Å².